The van der Waals surface area contributed by atoms with Crippen molar-refractivity contribution in [2.45, 2.75) is 12.8 Å². The first-order chi connectivity index (χ1) is 6.81. The van der Waals surface area contributed by atoms with Gasteiger partial charge in [0.15, 0.2) is 0 Å². The van der Waals surface area contributed by atoms with Crippen molar-refractivity contribution in [1.29, 1.82) is 0 Å². The number of nitrogen functional groups attached to an aromatic ring is 1. The predicted octanol–water partition coefficient (Wildman–Crippen LogP) is 2.30. The number of benzene rings is 1. The van der Waals surface area contributed by atoms with Gasteiger partial charge >= 0.3 is 0 Å². The van der Waals surface area contributed by atoms with E-state index in [1.165, 1.54) is 18.5 Å². The molecule has 84 valence electrons. The van der Waals surface area contributed by atoms with E-state index in [0.29, 0.717) is 0 Å². The van der Waals surface area contributed by atoms with E-state index >= 15 is 0 Å². The second kappa shape index (κ2) is 5.12. The summed E-state index contributed by atoms with van der Waals surface area (Å²) < 4.78 is 5.32. The van der Waals surface area contributed by atoms with E-state index in [0.717, 1.165) is 24.5 Å². The zero-order chi connectivity index (χ0) is 9.97. The molecule has 4 heteroatoms. The fourth-order valence-electron chi connectivity index (χ4n) is 1.91. The summed E-state index contributed by atoms with van der Waals surface area (Å²) >= 11 is 0. The molecule has 1 aromatic carbocycles. The van der Waals surface area contributed by atoms with Crippen molar-refractivity contribution in [3.05, 3.63) is 18.2 Å². The fraction of sp³-hybridized carbons (Fsp3) is 0.455. The monoisotopic (exact) mass is 228 g/mol. The Morgan fingerprint density at radius 1 is 1.27 bits per heavy atom. The van der Waals surface area contributed by atoms with E-state index < -0.39 is 0 Å². The minimum atomic E-state index is 0. The summed E-state index contributed by atoms with van der Waals surface area (Å²) in [6, 6.07) is 5.85. The lowest BCUT2D eigenvalue weighted by molar-refractivity contribution is 0.415. The molecule has 1 fully saturated rings. The Morgan fingerprint density at radius 3 is 2.53 bits per heavy atom. The van der Waals surface area contributed by atoms with Gasteiger partial charge in [0.25, 0.3) is 0 Å². The Labute approximate surface area is 96.6 Å². The van der Waals surface area contributed by atoms with Crippen LogP contribution in [0.1, 0.15) is 12.8 Å². The smallest absolute Gasteiger partial charge is 0.144 e. The molecule has 1 aliphatic heterocycles. The van der Waals surface area contributed by atoms with Crippen LogP contribution in [0.2, 0.25) is 0 Å². The number of halogens is 1. The molecule has 1 aliphatic rings. The molecule has 2 rings (SSSR count). The molecule has 15 heavy (non-hydrogen) atoms. The highest BCUT2D eigenvalue weighted by molar-refractivity contribution is 5.85. The maximum absolute atomic E-state index is 5.70. The molecule has 0 atom stereocenters. The molecule has 0 radical (unpaired) electrons. The summed E-state index contributed by atoms with van der Waals surface area (Å²) in [5.74, 6) is 0.881. The molecule has 1 heterocycles. The average molecular weight is 229 g/mol. The van der Waals surface area contributed by atoms with Gasteiger partial charge < -0.3 is 15.4 Å². The van der Waals surface area contributed by atoms with Crippen molar-refractivity contribution >= 4 is 23.8 Å². The quantitative estimate of drug-likeness (QED) is 0.790. The van der Waals surface area contributed by atoms with Crippen molar-refractivity contribution < 1.29 is 4.74 Å². The normalized spacial score (nSPS) is 14.9. The third kappa shape index (κ3) is 2.48. The minimum Gasteiger partial charge on any atom is -0.495 e. The van der Waals surface area contributed by atoms with Crippen LogP contribution in [-0.4, -0.2) is 20.2 Å². The van der Waals surface area contributed by atoms with Gasteiger partial charge in [-0.25, -0.2) is 0 Å². The maximum Gasteiger partial charge on any atom is 0.144 e. The Balaban J connectivity index is 0.00000112. The highest BCUT2D eigenvalue weighted by atomic mass is 35.5. The molecule has 0 bridgehead atoms. The van der Waals surface area contributed by atoms with E-state index in [1.807, 2.05) is 18.2 Å². The van der Waals surface area contributed by atoms with E-state index in [-0.39, 0.29) is 12.4 Å². The number of hydrogen-bond acceptors (Lipinski definition) is 3. The molecule has 0 saturated carbocycles. The largest absolute Gasteiger partial charge is 0.495 e. The van der Waals surface area contributed by atoms with E-state index in [2.05, 4.69) is 4.90 Å². The molecule has 3 nitrogen and oxygen atoms in total. The van der Waals surface area contributed by atoms with Gasteiger partial charge in [-0.05, 0) is 25.0 Å². The minimum absolute atomic E-state index is 0. The summed E-state index contributed by atoms with van der Waals surface area (Å²) in [7, 11) is 1.69. The van der Waals surface area contributed by atoms with Gasteiger partial charge in [-0.3, -0.25) is 0 Å². The van der Waals surface area contributed by atoms with Crippen molar-refractivity contribution in [3.63, 3.8) is 0 Å². The molecular formula is C11H17ClN2O. The zero-order valence-corrected chi connectivity index (χ0v) is 9.72. The first-order valence-electron chi connectivity index (χ1n) is 5.00. The van der Waals surface area contributed by atoms with Gasteiger partial charge in [0, 0.05) is 24.8 Å². The van der Waals surface area contributed by atoms with Crippen molar-refractivity contribution in [2.24, 2.45) is 0 Å². The first kappa shape index (κ1) is 12.0. The van der Waals surface area contributed by atoms with Gasteiger partial charge in [0.05, 0.1) is 12.8 Å². The Hall–Kier alpha value is -1.09. The summed E-state index contributed by atoms with van der Waals surface area (Å²) in [6.45, 7) is 2.25. The number of methoxy groups -OCH3 is 1. The van der Waals surface area contributed by atoms with Gasteiger partial charge in [-0.15, -0.1) is 12.4 Å². The van der Waals surface area contributed by atoms with Gasteiger partial charge in [-0.2, -0.15) is 0 Å². The lowest BCUT2D eigenvalue weighted by Crippen LogP contribution is -2.18. The van der Waals surface area contributed by atoms with E-state index in [9.17, 15) is 0 Å². The molecule has 0 unspecified atom stereocenters. The number of nitrogens with two attached hydrogens (primary N) is 1. The standard InChI is InChI=1S/C11H16N2O.ClH/c1-14-11-8-9(12)4-5-10(11)13-6-2-3-7-13;/h4-5,8H,2-3,6-7,12H2,1H3;1H. The summed E-state index contributed by atoms with van der Waals surface area (Å²) in [5.41, 5.74) is 7.62. The molecular weight excluding hydrogens is 212 g/mol. The van der Waals surface area contributed by atoms with Crippen LogP contribution in [0.25, 0.3) is 0 Å². The van der Waals surface area contributed by atoms with Crippen LogP contribution in [-0.2, 0) is 0 Å². The summed E-state index contributed by atoms with van der Waals surface area (Å²) in [6.07, 6.45) is 2.54. The Bertz CT molecular complexity index is 324. The Morgan fingerprint density at radius 2 is 1.93 bits per heavy atom. The van der Waals surface area contributed by atoms with Gasteiger partial charge in [-0.1, -0.05) is 0 Å². The fourth-order valence-corrected chi connectivity index (χ4v) is 1.91. The summed E-state index contributed by atoms with van der Waals surface area (Å²) in [5, 5.41) is 0. The van der Waals surface area contributed by atoms with Crippen LogP contribution in [0.5, 0.6) is 5.75 Å². The lowest BCUT2D eigenvalue weighted by Gasteiger charge is -2.20. The van der Waals surface area contributed by atoms with Crippen LogP contribution < -0.4 is 15.4 Å². The molecule has 0 amide bonds. The van der Waals surface area contributed by atoms with Gasteiger partial charge in [0.2, 0.25) is 0 Å². The highest BCUT2D eigenvalue weighted by Crippen LogP contribution is 2.32. The van der Waals surface area contributed by atoms with E-state index in [1.54, 1.807) is 7.11 Å². The SMILES string of the molecule is COc1cc(N)ccc1N1CCCC1.Cl. The summed E-state index contributed by atoms with van der Waals surface area (Å²) in [4.78, 5) is 2.35. The molecule has 0 aliphatic carbocycles. The number of hydrogen-bond donors (Lipinski definition) is 1. The van der Waals surface area contributed by atoms with E-state index in [4.69, 9.17) is 10.5 Å². The number of anilines is 2. The van der Waals surface area contributed by atoms with Gasteiger partial charge in [0.1, 0.15) is 5.75 Å². The highest BCUT2D eigenvalue weighted by Gasteiger charge is 2.15. The molecule has 1 saturated heterocycles. The van der Waals surface area contributed by atoms with Crippen molar-refractivity contribution in [2.75, 3.05) is 30.8 Å². The van der Waals surface area contributed by atoms with Crippen molar-refractivity contribution in [1.82, 2.24) is 0 Å². The molecule has 0 spiro atoms. The van der Waals surface area contributed by atoms with Crippen LogP contribution >= 0.6 is 12.4 Å². The second-order valence-corrected chi connectivity index (χ2v) is 3.63. The Kier molecular flexibility index (Phi) is 4.09. The average Bonchev–Trinajstić information content (AvgIpc) is 2.70. The maximum atomic E-state index is 5.70. The van der Waals surface area contributed by atoms with Crippen LogP contribution in [0.4, 0.5) is 11.4 Å². The van der Waals surface area contributed by atoms with Crippen LogP contribution in [0.15, 0.2) is 18.2 Å². The third-order valence-corrected chi connectivity index (χ3v) is 2.65. The molecule has 2 N–H and O–H groups in total. The van der Waals surface area contributed by atoms with Crippen molar-refractivity contribution in [3.8, 4) is 5.75 Å². The lowest BCUT2D eigenvalue weighted by atomic mass is 10.2. The predicted molar refractivity (Wildman–Crippen MR) is 66.1 cm³/mol. The molecule has 0 aromatic heterocycles. The second-order valence-electron chi connectivity index (χ2n) is 3.63. The van der Waals surface area contributed by atoms with Crippen LogP contribution in [0.3, 0.4) is 0 Å². The third-order valence-electron chi connectivity index (χ3n) is 2.65. The topological polar surface area (TPSA) is 38.5 Å². The number of ether oxygens (including phenoxy) is 1. The molecule has 1 aromatic rings. The number of rotatable bonds is 2. The zero-order valence-electron chi connectivity index (χ0n) is 8.90. The number of nitrogens with zero attached hydrogens (tertiary/aromatic N) is 1. The van der Waals surface area contributed by atoms with Crippen LogP contribution in [0, 0.1) is 0 Å². The first-order valence-corrected chi connectivity index (χ1v) is 5.00.